The largest absolute Gasteiger partial charge is 0.356 e. The lowest BCUT2D eigenvalue weighted by Gasteiger charge is -2.21. The van der Waals surface area contributed by atoms with Gasteiger partial charge in [0.2, 0.25) is 5.91 Å². The molecule has 0 aliphatic carbocycles. The molecule has 0 saturated carbocycles. The first-order valence-electron chi connectivity index (χ1n) is 7.95. The summed E-state index contributed by atoms with van der Waals surface area (Å²) in [4.78, 5) is 18.3. The fourth-order valence-electron chi connectivity index (χ4n) is 2.11. The van der Waals surface area contributed by atoms with Gasteiger partial charge in [0.15, 0.2) is 5.96 Å². The van der Waals surface area contributed by atoms with Gasteiger partial charge in [-0.2, -0.15) is 0 Å². The third-order valence-corrected chi connectivity index (χ3v) is 3.77. The molecule has 0 atom stereocenters. The van der Waals surface area contributed by atoms with E-state index in [0.29, 0.717) is 23.7 Å². The number of anilines is 1. The Morgan fingerprint density at radius 2 is 2.08 bits per heavy atom. The standard InChI is InChI=1S/C17H27ClN4O.HI/c1-5-6-11-22(4)17(19-3)20-10-9-16(23)21-15-8-7-13(2)12-14(15)18;/h7-8,12H,5-6,9-11H2,1-4H3,(H,19,20)(H,21,23);1H. The highest BCUT2D eigenvalue weighted by molar-refractivity contribution is 14.0. The average molecular weight is 467 g/mol. The van der Waals surface area contributed by atoms with Crippen LogP contribution in [0.2, 0.25) is 5.02 Å². The zero-order valence-electron chi connectivity index (χ0n) is 14.9. The number of amides is 1. The number of carbonyl (C=O) groups is 1. The Hall–Kier alpha value is -1.02. The van der Waals surface area contributed by atoms with E-state index in [4.69, 9.17) is 11.6 Å². The number of nitrogens with zero attached hydrogens (tertiary/aromatic N) is 2. The zero-order chi connectivity index (χ0) is 17.2. The first-order valence-corrected chi connectivity index (χ1v) is 8.33. The number of carbonyl (C=O) groups excluding carboxylic acids is 1. The van der Waals surface area contributed by atoms with E-state index < -0.39 is 0 Å². The summed E-state index contributed by atoms with van der Waals surface area (Å²) in [5, 5.41) is 6.59. The fraction of sp³-hybridized carbons (Fsp3) is 0.529. The maximum absolute atomic E-state index is 12.0. The highest BCUT2D eigenvalue weighted by atomic mass is 127. The van der Waals surface area contributed by atoms with Gasteiger partial charge in [0.05, 0.1) is 10.7 Å². The van der Waals surface area contributed by atoms with Crippen LogP contribution in [0.4, 0.5) is 5.69 Å². The van der Waals surface area contributed by atoms with Crippen molar-refractivity contribution in [2.24, 2.45) is 4.99 Å². The lowest BCUT2D eigenvalue weighted by Crippen LogP contribution is -2.40. The van der Waals surface area contributed by atoms with Crippen LogP contribution in [0.15, 0.2) is 23.2 Å². The summed E-state index contributed by atoms with van der Waals surface area (Å²) in [6.07, 6.45) is 2.61. The SMILES string of the molecule is CCCCN(C)C(=NC)NCCC(=O)Nc1ccc(C)cc1Cl.I. The van der Waals surface area contributed by atoms with Gasteiger partial charge in [0, 0.05) is 33.6 Å². The van der Waals surface area contributed by atoms with Crippen LogP contribution in [-0.4, -0.2) is 44.0 Å². The minimum atomic E-state index is -0.0742. The molecule has 0 spiro atoms. The maximum atomic E-state index is 12.0. The predicted octanol–water partition coefficient (Wildman–Crippen LogP) is 3.90. The highest BCUT2D eigenvalue weighted by Crippen LogP contribution is 2.22. The molecule has 1 rings (SSSR count). The second-order valence-corrected chi connectivity index (χ2v) is 5.94. The Morgan fingerprint density at radius 1 is 1.38 bits per heavy atom. The Bertz CT molecular complexity index is 551. The molecule has 0 unspecified atom stereocenters. The number of halogens is 2. The van der Waals surface area contributed by atoms with Crippen LogP contribution < -0.4 is 10.6 Å². The average Bonchev–Trinajstić information content (AvgIpc) is 2.52. The third-order valence-electron chi connectivity index (χ3n) is 3.45. The monoisotopic (exact) mass is 466 g/mol. The van der Waals surface area contributed by atoms with Gasteiger partial charge >= 0.3 is 0 Å². The molecule has 2 N–H and O–H groups in total. The predicted molar refractivity (Wildman–Crippen MR) is 114 cm³/mol. The molecule has 0 heterocycles. The van der Waals surface area contributed by atoms with Gasteiger partial charge in [0.1, 0.15) is 0 Å². The first kappa shape index (κ1) is 23.0. The molecule has 0 bridgehead atoms. The van der Waals surface area contributed by atoms with E-state index in [-0.39, 0.29) is 29.9 Å². The highest BCUT2D eigenvalue weighted by Gasteiger charge is 2.08. The number of unbranched alkanes of at least 4 members (excludes halogenated alkanes) is 1. The molecule has 0 aliphatic rings. The lowest BCUT2D eigenvalue weighted by atomic mass is 10.2. The van der Waals surface area contributed by atoms with Gasteiger partial charge in [-0.25, -0.2) is 0 Å². The van der Waals surface area contributed by atoms with Crippen molar-refractivity contribution in [2.75, 3.05) is 32.5 Å². The smallest absolute Gasteiger partial charge is 0.226 e. The zero-order valence-corrected chi connectivity index (χ0v) is 17.9. The second kappa shape index (κ2) is 12.4. The Morgan fingerprint density at radius 3 is 2.67 bits per heavy atom. The minimum absolute atomic E-state index is 0. The quantitative estimate of drug-likeness (QED) is 0.364. The van der Waals surface area contributed by atoms with Crippen LogP contribution in [0.3, 0.4) is 0 Å². The minimum Gasteiger partial charge on any atom is -0.356 e. The van der Waals surface area contributed by atoms with E-state index in [9.17, 15) is 4.79 Å². The summed E-state index contributed by atoms with van der Waals surface area (Å²) in [6, 6.07) is 5.57. The number of guanidine groups is 1. The number of aliphatic imine (C=N–C) groups is 1. The normalized spacial score (nSPS) is 10.8. The molecule has 0 aliphatic heterocycles. The van der Waals surface area contributed by atoms with Crippen LogP contribution in [0.5, 0.6) is 0 Å². The molecule has 0 fully saturated rings. The summed E-state index contributed by atoms with van der Waals surface area (Å²) in [6.45, 7) is 5.59. The molecule has 24 heavy (non-hydrogen) atoms. The van der Waals surface area contributed by atoms with E-state index in [1.54, 1.807) is 7.05 Å². The van der Waals surface area contributed by atoms with Crippen molar-refractivity contribution in [3.8, 4) is 0 Å². The van der Waals surface area contributed by atoms with Gasteiger partial charge in [-0.05, 0) is 31.0 Å². The van der Waals surface area contributed by atoms with Crippen molar-refractivity contribution in [1.82, 2.24) is 10.2 Å². The van der Waals surface area contributed by atoms with Gasteiger partial charge in [-0.3, -0.25) is 9.79 Å². The molecular weight excluding hydrogens is 439 g/mol. The fourth-order valence-corrected chi connectivity index (χ4v) is 2.39. The third kappa shape index (κ3) is 8.19. The van der Waals surface area contributed by atoms with Crippen molar-refractivity contribution >= 4 is 53.1 Å². The summed E-state index contributed by atoms with van der Waals surface area (Å²) in [7, 11) is 3.74. The molecule has 7 heteroatoms. The van der Waals surface area contributed by atoms with E-state index in [0.717, 1.165) is 30.9 Å². The molecule has 0 radical (unpaired) electrons. The number of aryl methyl sites for hydroxylation is 1. The van der Waals surface area contributed by atoms with Crippen molar-refractivity contribution < 1.29 is 4.79 Å². The van der Waals surface area contributed by atoms with Gasteiger partial charge in [-0.15, -0.1) is 24.0 Å². The van der Waals surface area contributed by atoms with Crippen LogP contribution in [0.25, 0.3) is 0 Å². The topological polar surface area (TPSA) is 56.7 Å². The van der Waals surface area contributed by atoms with Gasteiger partial charge in [-0.1, -0.05) is 31.0 Å². The van der Waals surface area contributed by atoms with Crippen LogP contribution in [0, 0.1) is 6.92 Å². The summed E-state index contributed by atoms with van der Waals surface area (Å²) in [5.41, 5.74) is 1.71. The van der Waals surface area contributed by atoms with E-state index in [2.05, 4.69) is 27.4 Å². The summed E-state index contributed by atoms with van der Waals surface area (Å²) >= 11 is 6.11. The molecular formula is C17H28ClIN4O. The molecule has 0 saturated heterocycles. The summed E-state index contributed by atoms with van der Waals surface area (Å²) < 4.78 is 0. The Balaban J connectivity index is 0.00000529. The van der Waals surface area contributed by atoms with Crippen molar-refractivity contribution in [3.05, 3.63) is 28.8 Å². The lowest BCUT2D eigenvalue weighted by molar-refractivity contribution is -0.116. The van der Waals surface area contributed by atoms with E-state index >= 15 is 0 Å². The number of nitrogens with one attached hydrogen (secondary N) is 2. The van der Waals surface area contributed by atoms with Crippen molar-refractivity contribution in [3.63, 3.8) is 0 Å². The van der Waals surface area contributed by atoms with Gasteiger partial charge < -0.3 is 15.5 Å². The molecule has 1 aromatic rings. The van der Waals surface area contributed by atoms with Crippen LogP contribution in [0.1, 0.15) is 31.7 Å². The van der Waals surface area contributed by atoms with Crippen LogP contribution >= 0.6 is 35.6 Å². The van der Waals surface area contributed by atoms with Crippen molar-refractivity contribution in [2.45, 2.75) is 33.1 Å². The van der Waals surface area contributed by atoms with Crippen molar-refractivity contribution in [1.29, 1.82) is 0 Å². The van der Waals surface area contributed by atoms with Crippen LogP contribution in [-0.2, 0) is 4.79 Å². The number of hydrogen-bond donors (Lipinski definition) is 2. The number of rotatable bonds is 7. The summed E-state index contributed by atoms with van der Waals surface area (Å²) in [5.74, 6) is 0.731. The number of benzene rings is 1. The Kier molecular flexibility index (Phi) is 11.8. The van der Waals surface area contributed by atoms with E-state index in [1.165, 1.54) is 0 Å². The Labute approximate surface area is 167 Å². The molecule has 1 amide bonds. The molecule has 136 valence electrons. The van der Waals surface area contributed by atoms with E-state index in [1.807, 2.05) is 32.2 Å². The molecule has 0 aromatic heterocycles. The molecule has 1 aromatic carbocycles. The second-order valence-electron chi connectivity index (χ2n) is 5.53. The molecule has 5 nitrogen and oxygen atoms in total. The maximum Gasteiger partial charge on any atom is 0.226 e. The first-order chi connectivity index (χ1) is 11.0. The van der Waals surface area contributed by atoms with Gasteiger partial charge in [0.25, 0.3) is 0 Å². The number of hydrogen-bond acceptors (Lipinski definition) is 2.